The van der Waals surface area contributed by atoms with E-state index in [0.717, 1.165) is 25.7 Å². The first-order chi connectivity index (χ1) is 9.58. The first-order valence-corrected chi connectivity index (χ1v) is 7.23. The Hall–Kier alpha value is -1.62. The van der Waals surface area contributed by atoms with E-state index in [1.54, 1.807) is 6.92 Å². The van der Waals surface area contributed by atoms with Crippen molar-refractivity contribution in [1.82, 2.24) is 10.3 Å². The largest absolute Gasteiger partial charge is 0.391 e. The fourth-order valence-electron chi connectivity index (χ4n) is 2.73. The van der Waals surface area contributed by atoms with Crippen LogP contribution in [-0.2, 0) is 0 Å². The van der Waals surface area contributed by atoms with Crippen molar-refractivity contribution in [3.8, 4) is 0 Å². The van der Waals surface area contributed by atoms with E-state index in [0.29, 0.717) is 5.69 Å². The molecule has 1 aromatic heterocycles. The summed E-state index contributed by atoms with van der Waals surface area (Å²) in [6.45, 7) is 1.97. The average molecular weight is 278 g/mol. The first-order valence-electron chi connectivity index (χ1n) is 7.23. The van der Waals surface area contributed by atoms with Crippen molar-refractivity contribution in [2.24, 2.45) is 5.92 Å². The van der Waals surface area contributed by atoms with Gasteiger partial charge in [0.25, 0.3) is 5.91 Å². The molecule has 0 aromatic carbocycles. The van der Waals surface area contributed by atoms with E-state index in [1.165, 1.54) is 18.7 Å². The van der Waals surface area contributed by atoms with E-state index >= 15 is 0 Å². The average Bonchev–Trinajstić information content (AvgIpc) is 2.45. The molecule has 1 aliphatic rings. The van der Waals surface area contributed by atoms with Gasteiger partial charge < -0.3 is 15.4 Å². The van der Waals surface area contributed by atoms with Gasteiger partial charge in [0, 0.05) is 24.5 Å². The lowest BCUT2D eigenvalue weighted by atomic mass is 9.85. The number of hydrogen-bond donors (Lipinski definition) is 3. The number of nitrogens with one attached hydrogen (secondary N) is 2. The molecule has 0 aliphatic heterocycles. The van der Waals surface area contributed by atoms with Crippen LogP contribution in [0.15, 0.2) is 17.1 Å². The van der Waals surface area contributed by atoms with Crippen LogP contribution in [0.3, 0.4) is 0 Å². The molecule has 0 bridgehead atoms. The summed E-state index contributed by atoms with van der Waals surface area (Å²) in [5.74, 6) is -0.165. The van der Waals surface area contributed by atoms with Crippen molar-refractivity contribution in [2.45, 2.75) is 45.1 Å². The molecule has 2 rings (SSSR count). The van der Waals surface area contributed by atoms with E-state index < -0.39 is 12.0 Å². The highest BCUT2D eigenvalue weighted by Crippen LogP contribution is 2.26. The topological polar surface area (TPSA) is 82.2 Å². The molecule has 1 aliphatic carbocycles. The lowest BCUT2D eigenvalue weighted by Gasteiger charge is -2.26. The number of carbonyl (C=O) groups excluding carboxylic acids is 1. The Balaban J connectivity index is 1.89. The maximum Gasteiger partial charge on any atom is 0.256 e. The van der Waals surface area contributed by atoms with Crippen molar-refractivity contribution in [3.05, 3.63) is 33.7 Å². The lowest BCUT2D eigenvalue weighted by molar-refractivity contribution is 0.0737. The normalized spacial score (nSPS) is 17.7. The van der Waals surface area contributed by atoms with Crippen LogP contribution >= 0.6 is 0 Å². The summed E-state index contributed by atoms with van der Waals surface area (Å²) in [5, 5.41) is 12.7. The molecule has 0 saturated heterocycles. The van der Waals surface area contributed by atoms with Crippen LogP contribution in [0.1, 0.15) is 48.2 Å². The third-order valence-electron chi connectivity index (χ3n) is 3.97. The van der Waals surface area contributed by atoms with Gasteiger partial charge in [-0.2, -0.15) is 0 Å². The van der Waals surface area contributed by atoms with Crippen molar-refractivity contribution < 1.29 is 9.90 Å². The third-order valence-corrected chi connectivity index (χ3v) is 3.97. The Morgan fingerprint density at radius 3 is 2.80 bits per heavy atom. The smallest absolute Gasteiger partial charge is 0.256 e. The lowest BCUT2D eigenvalue weighted by Crippen LogP contribution is -2.38. The van der Waals surface area contributed by atoms with Crippen LogP contribution in [-0.4, -0.2) is 28.6 Å². The molecule has 5 nitrogen and oxygen atoms in total. The van der Waals surface area contributed by atoms with Gasteiger partial charge in [0.1, 0.15) is 5.56 Å². The summed E-state index contributed by atoms with van der Waals surface area (Å²) in [6.07, 6.45) is 6.45. The number of aromatic nitrogens is 1. The number of aliphatic hydroxyl groups is 1. The van der Waals surface area contributed by atoms with Crippen molar-refractivity contribution in [1.29, 1.82) is 0 Å². The van der Waals surface area contributed by atoms with Crippen molar-refractivity contribution in [2.75, 3.05) is 6.54 Å². The van der Waals surface area contributed by atoms with Gasteiger partial charge in [-0.25, -0.2) is 0 Å². The molecule has 1 amide bonds. The highest BCUT2D eigenvalue weighted by atomic mass is 16.3. The van der Waals surface area contributed by atoms with Gasteiger partial charge in [-0.3, -0.25) is 9.59 Å². The number of aryl methyl sites for hydroxylation is 1. The SMILES string of the molecule is Cc1cc(=O)c(C(=O)NCC(O)C2CCCCC2)c[nH]1. The van der Waals surface area contributed by atoms with Crippen LogP contribution in [0.25, 0.3) is 0 Å². The number of amides is 1. The Morgan fingerprint density at radius 2 is 2.15 bits per heavy atom. The second-order valence-electron chi connectivity index (χ2n) is 5.57. The highest BCUT2D eigenvalue weighted by molar-refractivity contribution is 5.93. The summed E-state index contributed by atoms with van der Waals surface area (Å²) >= 11 is 0. The van der Waals surface area contributed by atoms with Gasteiger partial charge in [0.2, 0.25) is 0 Å². The third kappa shape index (κ3) is 3.70. The molecule has 1 atom stereocenters. The van der Waals surface area contributed by atoms with Crippen LogP contribution in [0.5, 0.6) is 0 Å². The summed E-state index contributed by atoms with van der Waals surface area (Å²) < 4.78 is 0. The van der Waals surface area contributed by atoms with Crippen LogP contribution in [0.4, 0.5) is 0 Å². The predicted octanol–water partition coefficient (Wildman–Crippen LogP) is 1.35. The fraction of sp³-hybridized carbons (Fsp3) is 0.600. The minimum atomic E-state index is -0.524. The molecule has 0 spiro atoms. The van der Waals surface area contributed by atoms with E-state index in [9.17, 15) is 14.7 Å². The molecule has 1 fully saturated rings. The number of pyridine rings is 1. The molecule has 1 saturated carbocycles. The Morgan fingerprint density at radius 1 is 1.45 bits per heavy atom. The maximum absolute atomic E-state index is 11.9. The first kappa shape index (κ1) is 14.8. The standard InChI is InChI=1S/C15H22N2O3/c1-10-7-13(18)12(8-16-10)15(20)17-9-14(19)11-5-3-2-4-6-11/h7-8,11,14,19H,2-6,9H2,1H3,(H,16,18)(H,17,20). The van der Waals surface area contributed by atoms with Crippen LogP contribution in [0, 0.1) is 12.8 Å². The zero-order valence-electron chi connectivity index (χ0n) is 11.8. The van der Waals surface area contributed by atoms with E-state index in [4.69, 9.17) is 0 Å². The number of aromatic amines is 1. The molecule has 20 heavy (non-hydrogen) atoms. The van der Waals surface area contributed by atoms with Gasteiger partial charge in [-0.05, 0) is 25.7 Å². The number of hydrogen-bond acceptors (Lipinski definition) is 3. The molecule has 110 valence electrons. The zero-order valence-corrected chi connectivity index (χ0v) is 11.8. The summed E-state index contributed by atoms with van der Waals surface area (Å²) in [7, 11) is 0. The Labute approximate surface area is 118 Å². The molecular weight excluding hydrogens is 256 g/mol. The van der Waals surface area contributed by atoms with E-state index in [2.05, 4.69) is 10.3 Å². The van der Waals surface area contributed by atoms with Crippen LogP contribution < -0.4 is 10.7 Å². The molecule has 3 N–H and O–H groups in total. The number of carbonyl (C=O) groups is 1. The minimum absolute atomic E-state index is 0.0893. The highest BCUT2D eigenvalue weighted by Gasteiger charge is 2.22. The van der Waals surface area contributed by atoms with Gasteiger partial charge in [-0.15, -0.1) is 0 Å². The molecule has 5 heteroatoms. The van der Waals surface area contributed by atoms with Gasteiger partial charge in [-0.1, -0.05) is 19.3 Å². The number of H-pyrrole nitrogens is 1. The second kappa shape index (κ2) is 6.70. The van der Waals surface area contributed by atoms with Gasteiger partial charge in [0.15, 0.2) is 5.43 Å². The second-order valence-corrected chi connectivity index (χ2v) is 5.57. The minimum Gasteiger partial charge on any atom is -0.391 e. The number of aliphatic hydroxyl groups excluding tert-OH is 1. The van der Waals surface area contributed by atoms with Crippen molar-refractivity contribution in [3.63, 3.8) is 0 Å². The van der Waals surface area contributed by atoms with E-state index in [1.807, 2.05) is 0 Å². The van der Waals surface area contributed by atoms with Crippen molar-refractivity contribution >= 4 is 5.91 Å². The predicted molar refractivity (Wildman–Crippen MR) is 76.7 cm³/mol. The fourth-order valence-corrected chi connectivity index (χ4v) is 2.73. The molecule has 1 heterocycles. The summed E-state index contributed by atoms with van der Waals surface area (Å²) in [4.78, 5) is 26.5. The van der Waals surface area contributed by atoms with Crippen LogP contribution in [0.2, 0.25) is 0 Å². The molecule has 0 radical (unpaired) electrons. The summed E-state index contributed by atoms with van der Waals surface area (Å²) in [6, 6.07) is 1.40. The maximum atomic E-state index is 11.9. The molecule has 1 unspecified atom stereocenters. The Kier molecular flexibility index (Phi) is 4.95. The Bertz CT molecular complexity index is 518. The molecular formula is C15H22N2O3. The van der Waals surface area contributed by atoms with Gasteiger partial charge >= 0.3 is 0 Å². The monoisotopic (exact) mass is 278 g/mol. The van der Waals surface area contributed by atoms with E-state index in [-0.39, 0.29) is 23.5 Å². The van der Waals surface area contributed by atoms with Gasteiger partial charge in [0.05, 0.1) is 6.10 Å². The molecule has 1 aromatic rings. The summed E-state index contributed by atoms with van der Waals surface area (Å²) in [5.41, 5.74) is 0.506. The quantitative estimate of drug-likeness (QED) is 0.777. The number of rotatable bonds is 4. The zero-order chi connectivity index (χ0) is 14.5.